The van der Waals surface area contributed by atoms with Crippen LogP contribution in [0, 0.1) is 0 Å². The number of aromatic nitrogens is 3. The second kappa shape index (κ2) is 13.6. The van der Waals surface area contributed by atoms with Crippen LogP contribution in [0.4, 0.5) is 17.1 Å². The third-order valence-electron chi connectivity index (χ3n) is 12.3. The molecule has 0 N–H and O–H groups in total. The highest BCUT2D eigenvalue weighted by molar-refractivity contribution is 6.13. The van der Waals surface area contributed by atoms with Gasteiger partial charge < -0.3 is 13.7 Å². The normalized spacial score (nSPS) is 12.1. The molecule has 290 valence electrons. The van der Waals surface area contributed by atoms with E-state index in [9.17, 15) is 0 Å². The zero-order valence-electron chi connectivity index (χ0n) is 33.3. The van der Waals surface area contributed by atoms with Gasteiger partial charge in [-0.15, -0.1) is 0 Å². The van der Waals surface area contributed by atoms with E-state index in [0.717, 1.165) is 94.8 Å². The highest BCUT2D eigenvalue weighted by Gasteiger charge is 2.24. The average molecular weight is 795 g/mol. The predicted octanol–water partition coefficient (Wildman–Crippen LogP) is 14.9. The standard InChI is InChI=1S/C56H34N4O2/c1-2-13-35(14-3-1)54-57-55(44-20-10-16-34-12-4-6-17-41(34)44)59-56(58-54)46-21-11-23-51-53(46)45-28-26-40(33-52(45)62-51)60(38-25-24-37-30-36-15-5-7-18-42(36)47(37)31-38)39-27-29-50-48(32-39)43-19-8-9-22-49(43)61-50/h1-29,31-33H,30H2. The Hall–Kier alpha value is -8.35. The van der Waals surface area contributed by atoms with E-state index in [1.165, 1.54) is 22.3 Å². The summed E-state index contributed by atoms with van der Waals surface area (Å²) in [7, 11) is 0. The summed E-state index contributed by atoms with van der Waals surface area (Å²) in [5, 5.41) is 6.30. The van der Waals surface area contributed by atoms with Gasteiger partial charge in [-0.1, -0.05) is 133 Å². The Morgan fingerprint density at radius 3 is 1.90 bits per heavy atom. The maximum Gasteiger partial charge on any atom is 0.164 e. The molecule has 0 spiro atoms. The van der Waals surface area contributed by atoms with Crippen molar-refractivity contribution in [3.05, 3.63) is 205 Å². The molecule has 0 aliphatic heterocycles. The Labute approximate surface area is 356 Å². The van der Waals surface area contributed by atoms with E-state index in [-0.39, 0.29) is 0 Å². The van der Waals surface area contributed by atoms with E-state index >= 15 is 0 Å². The number of fused-ring (bicyclic) bond motifs is 10. The van der Waals surface area contributed by atoms with Crippen LogP contribution in [0.15, 0.2) is 203 Å². The minimum Gasteiger partial charge on any atom is -0.456 e. The highest BCUT2D eigenvalue weighted by Crippen LogP contribution is 2.45. The fraction of sp³-hybridized carbons (Fsp3) is 0.0179. The molecule has 0 unspecified atom stereocenters. The first-order chi connectivity index (χ1) is 30.7. The number of hydrogen-bond acceptors (Lipinski definition) is 6. The third kappa shape index (κ3) is 5.47. The van der Waals surface area contributed by atoms with E-state index in [1.54, 1.807) is 0 Å². The molecule has 0 amide bonds. The van der Waals surface area contributed by atoms with Gasteiger partial charge in [-0.05, 0) is 94.0 Å². The van der Waals surface area contributed by atoms with Crippen LogP contribution < -0.4 is 4.90 Å². The van der Waals surface area contributed by atoms with Gasteiger partial charge in [-0.25, -0.2) is 15.0 Å². The minimum absolute atomic E-state index is 0.583. The van der Waals surface area contributed by atoms with E-state index in [2.05, 4.69) is 144 Å². The molecule has 6 nitrogen and oxygen atoms in total. The largest absolute Gasteiger partial charge is 0.456 e. The van der Waals surface area contributed by atoms with Crippen molar-refractivity contribution < 1.29 is 8.83 Å². The molecule has 3 aromatic heterocycles. The van der Waals surface area contributed by atoms with Gasteiger partial charge in [0.05, 0.1) is 0 Å². The van der Waals surface area contributed by atoms with Crippen molar-refractivity contribution in [2.24, 2.45) is 0 Å². The van der Waals surface area contributed by atoms with Gasteiger partial charge in [0.1, 0.15) is 22.3 Å². The zero-order valence-corrected chi connectivity index (χ0v) is 33.3. The molecule has 0 saturated heterocycles. The monoisotopic (exact) mass is 794 g/mol. The molecule has 0 radical (unpaired) electrons. The fourth-order valence-electron chi connectivity index (χ4n) is 9.44. The van der Waals surface area contributed by atoms with E-state index in [0.29, 0.717) is 17.5 Å². The average Bonchev–Trinajstić information content (AvgIpc) is 4.02. The zero-order chi connectivity index (χ0) is 40.7. The molecule has 0 bridgehead atoms. The van der Waals surface area contributed by atoms with Crippen LogP contribution in [0.1, 0.15) is 11.1 Å². The first kappa shape index (κ1) is 34.5. The SMILES string of the molecule is c1ccc(-c2nc(-c3cccc4ccccc34)nc(-c3cccc4oc5cc(N(c6ccc7c(c6)-c6ccccc6C7)c6ccc7oc8ccccc8c7c6)ccc5c34)n2)cc1. The van der Waals surface area contributed by atoms with Crippen molar-refractivity contribution in [3.8, 4) is 45.3 Å². The molecule has 6 heteroatoms. The molecular weight excluding hydrogens is 761 g/mol. The lowest BCUT2D eigenvalue weighted by atomic mass is 10.0. The van der Waals surface area contributed by atoms with Crippen molar-refractivity contribution in [2.75, 3.05) is 4.90 Å². The molecule has 13 rings (SSSR count). The maximum absolute atomic E-state index is 6.79. The number of para-hydroxylation sites is 1. The van der Waals surface area contributed by atoms with Gasteiger partial charge in [0.25, 0.3) is 0 Å². The van der Waals surface area contributed by atoms with Crippen molar-refractivity contribution in [1.29, 1.82) is 0 Å². The lowest BCUT2D eigenvalue weighted by Gasteiger charge is -2.26. The second-order valence-corrected chi connectivity index (χ2v) is 15.9. The third-order valence-corrected chi connectivity index (χ3v) is 12.3. The summed E-state index contributed by atoms with van der Waals surface area (Å²) in [5.41, 5.74) is 14.3. The van der Waals surface area contributed by atoms with Crippen molar-refractivity contribution in [2.45, 2.75) is 6.42 Å². The summed E-state index contributed by atoms with van der Waals surface area (Å²) in [6.45, 7) is 0. The summed E-state index contributed by atoms with van der Waals surface area (Å²) in [5.74, 6) is 1.81. The first-order valence-electron chi connectivity index (χ1n) is 20.9. The maximum atomic E-state index is 6.79. The Kier molecular flexibility index (Phi) is 7.57. The number of hydrogen-bond donors (Lipinski definition) is 0. The lowest BCUT2D eigenvalue weighted by Crippen LogP contribution is -2.10. The summed E-state index contributed by atoms with van der Waals surface area (Å²) < 4.78 is 13.1. The van der Waals surface area contributed by atoms with Gasteiger partial charge in [0.2, 0.25) is 0 Å². The number of anilines is 3. The van der Waals surface area contributed by atoms with E-state index in [4.69, 9.17) is 23.8 Å². The lowest BCUT2D eigenvalue weighted by molar-refractivity contribution is 0.668. The molecule has 62 heavy (non-hydrogen) atoms. The van der Waals surface area contributed by atoms with Gasteiger partial charge in [0, 0.05) is 61.4 Å². The van der Waals surface area contributed by atoms with Gasteiger partial charge >= 0.3 is 0 Å². The Bertz CT molecular complexity index is 3750. The van der Waals surface area contributed by atoms with Gasteiger partial charge in [-0.3, -0.25) is 0 Å². The van der Waals surface area contributed by atoms with Crippen molar-refractivity contribution in [1.82, 2.24) is 15.0 Å². The van der Waals surface area contributed by atoms with Crippen LogP contribution in [0.5, 0.6) is 0 Å². The summed E-state index contributed by atoms with van der Waals surface area (Å²) >= 11 is 0. The molecule has 1 aliphatic rings. The quantitative estimate of drug-likeness (QED) is 0.167. The second-order valence-electron chi connectivity index (χ2n) is 15.9. The van der Waals surface area contributed by atoms with Crippen LogP contribution in [0.2, 0.25) is 0 Å². The smallest absolute Gasteiger partial charge is 0.164 e. The van der Waals surface area contributed by atoms with Crippen molar-refractivity contribution >= 4 is 71.7 Å². The Morgan fingerprint density at radius 1 is 0.355 bits per heavy atom. The van der Waals surface area contributed by atoms with Crippen LogP contribution in [0.3, 0.4) is 0 Å². The van der Waals surface area contributed by atoms with E-state index in [1.807, 2.05) is 54.6 Å². The topological polar surface area (TPSA) is 68.2 Å². The van der Waals surface area contributed by atoms with Crippen LogP contribution in [-0.2, 0) is 6.42 Å². The summed E-state index contributed by atoms with van der Waals surface area (Å²) in [6.07, 6.45) is 0.934. The number of nitrogens with zero attached hydrogens (tertiary/aromatic N) is 4. The highest BCUT2D eigenvalue weighted by atomic mass is 16.3. The van der Waals surface area contributed by atoms with E-state index < -0.39 is 0 Å². The summed E-state index contributed by atoms with van der Waals surface area (Å²) in [4.78, 5) is 17.8. The van der Waals surface area contributed by atoms with Gasteiger partial charge in [-0.2, -0.15) is 0 Å². The van der Waals surface area contributed by atoms with Crippen LogP contribution >= 0.6 is 0 Å². The Balaban J connectivity index is 0.997. The molecule has 0 saturated carbocycles. The molecule has 9 aromatic carbocycles. The minimum atomic E-state index is 0.583. The Morgan fingerprint density at radius 2 is 0.968 bits per heavy atom. The molecular formula is C56H34N4O2. The van der Waals surface area contributed by atoms with Crippen LogP contribution in [-0.4, -0.2) is 15.0 Å². The number of rotatable bonds is 6. The first-order valence-corrected chi connectivity index (χ1v) is 20.9. The van der Waals surface area contributed by atoms with Gasteiger partial charge in [0.15, 0.2) is 17.5 Å². The molecule has 1 aliphatic carbocycles. The molecule has 0 fully saturated rings. The number of furan rings is 2. The molecule has 3 heterocycles. The number of benzene rings is 9. The fourth-order valence-corrected chi connectivity index (χ4v) is 9.44. The molecule has 0 atom stereocenters. The molecule has 12 aromatic rings. The predicted molar refractivity (Wildman–Crippen MR) is 251 cm³/mol. The van der Waals surface area contributed by atoms with Crippen molar-refractivity contribution in [3.63, 3.8) is 0 Å². The summed E-state index contributed by atoms with van der Waals surface area (Å²) in [6, 6.07) is 67.6. The van der Waals surface area contributed by atoms with Crippen LogP contribution in [0.25, 0.3) is 99.9 Å².